The summed E-state index contributed by atoms with van der Waals surface area (Å²) in [6.45, 7) is -2.00. The molecule has 0 unspecified atom stereocenters. The molecule has 3 aromatic rings. The van der Waals surface area contributed by atoms with Crippen molar-refractivity contribution < 1.29 is 22.6 Å². The molecule has 1 heterocycles. The quantitative estimate of drug-likeness (QED) is 0.400. The van der Waals surface area contributed by atoms with Gasteiger partial charge in [0.1, 0.15) is 11.6 Å². The van der Waals surface area contributed by atoms with Gasteiger partial charge in [-0.3, -0.25) is 4.99 Å². The molecule has 2 aromatic carbocycles. The Morgan fingerprint density at radius 1 is 1.14 bits per heavy atom. The molecule has 29 heavy (non-hydrogen) atoms. The van der Waals surface area contributed by atoms with Crippen LogP contribution < -0.4 is 9.54 Å². The number of alkyl halides is 2. The lowest BCUT2D eigenvalue weighted by molar-refractivity contribution is -0.0498. The molecule has 0 bridgehead atoms. The van der Waals surface area contributed by atoms with E-state index in [1.807, 2.05) is 5.38 Å². The summed E-state index contributed by atoms with van der Waals surface area (Å²) in [5, 5.41) is 6.24. The van der Waals surface area contributed by atoms with E-state index in [4.69, 9.17) is 4.74 Å². The minimum atomic E-state index is -2.89. The number of hydrogen-bond donors (Lipinski definition) is 0. The second kappa shape index (κ2) is 10.0. The van der Waals surface area contributed by atoms with E-state index in [0.29, 0.717) is 29.2 Å². The maximum atomic E-state index is 13.9. The second-order valence-electron chi connectivity index (χ2n) is 5.76. The maximum Gasteiger partial charge on any atom is 0.387 e. The van der Waals surface area contributed by atoms with Crippen LogP contribution in [0.4, 0.5) is 13.2 Å². The van der Waals surface area contributed by atoms with Gasteiger partial charge in [-0.1, -0.05) is 18.2 Å². The van der Waals surface area contributed by atoms with E-state index in [9.17, 15) is 13.2 Å². The highest BCUT2D eigenvalue weighted by atomic mass is 32.1. The van der Waals surface area contributed by atoms with Gasteiger partial charge in [-0.15, -0.1) is 11.3 Å². The van der Waals surface area contributed by atoms with Crippen LogP contribution in [-0.2, 0) is 4.74 Å². The Bertz CT molecular complexity index is 1030. The molecule has 3 rings (SSSR count). The van der Waals surface area contributed by atoms with Gasteiger partial charge in [-0.05, 0) is 30.3 Å². The molecule has 0 atom stereocenters. The fraction of sp³-hybridized carbons (Fsp3) is 0.200. The van der Waals surface area contributed by atoms with Crippen LogP contribution in [0, 0.1) is 5.82 Å². The normalized spacial score (nSPS) is 12.2. The molecule has 0 N–H and O–H groups in total. The number of halogens is 3. The number of benzene rings is 2. The van der Waals surface area contributed by atoms with Gasteiger partial charge < -0.3 is 9.47 Å². The Morgan fingerprint density at radius 2 is 1.90 bits per heavy atom. The Hall–Kier alpha value is -2.91. The largest absolute Gasteiger partial charge is 0.435 e. The highest BCUT2D eigenvalue weighted by molar-refractivity contribution is 7.07. The van der Waals surface area contributed by atoms with E-state index in [2.05, 4.69) is 14.8 Å². The Morgan fingerprint density at radius 3 is 2.59 bits per heavy atom. The number of thiazole rings is 1. The van der Waals surface area contributed by atoms with Crippen molar-refractivity contribution in [2.45, 2.75) is 6.61 Å². The molecule has 0 radical (unpaired) electrons. The van der Waals surface area contributed by atoms with E-state index < -0.39 is 6.61 Å². The molecule has 0 fully saturated rings. The second-order valence-corrected chi connectivity index (χ2v) is 6.60. The molecule has 152 valence electrons. The average Bonchev–Trinajstić information content (AvgIpc) is 3.10. The summed E-state index contributed by atoms with van der Waals surface area (Å²) in [7, 11) is 1.59. The fourth-order valence-electron chi connectivity index (χ4n) is 2.46. The summed E-state index contributed by atoms with van der Waals surface area (Å²) in [5.41, 5.74) is 1.74. The molecule has 0 saturated carbocycles. The Labute approximate surface area is 169 Å². The van der Waals surface area contributed by atoms with Crippen LogP contribution in [0.15, 0.2) is 64.0 Å². The van der Waals surface area contributed by atoms with Gasteiger partial charge in [-0.2, -0.15) is 13.9 Å². The van der Waals surface area contributed by atoms with Crippen molar-refractivity contribution in [2.24, 2.45) is 10.1 Å². The van der Waals surface area contributed by atoms with Crippen LogP contribution in [0.1, 0.15) is 5.56 Å². The third kappa shape index (κ3) is 5.55. The molecule has 0 aliphatic carbocycles. The minimum Gasteiger partial charge on any atom is -0.435 e. The van der Waals surface area contributed by atoms with Crippen LogP contribution in [0.25, 0.3) is 11.3 Å². The predicted octanol–water partition coefficient (Wildman–Crippen LogP) is 4.39. The van der Waals surface area contributed by atoms with Crippen LogP contribution >= 0.6 is 11.3 Å². The first-order chi connectivity index (χ1) is 14.1. The number of ether oxygens (including phenoxy) is 2. The number of methoxy groups -OCH3 is 1. The van der Waals surface area contributed by atoms with E-state index in [-0.39, 0.29) is 11.6 Å². The van der Waals surface area contributed by atoms with Crippen molar-refractivity contribution >= 4 is 17.6 Å². The van der Waals surface area contributed by atoms with Gasteiger partial charge >= 0.3 is 6.61 Å². The lowest BCUT2D eigenvalue weighted by atomic mass is 10.2. The third-order valence-corrected chi connectivity index (χ3v) is 4.67. The highest BCUT2D eigenvalue weighted by Gasteiger charge is 2.10. The number of hydrogen-bond acceptors (Lipinski definition) is 5. The molecule has 5 nitrogen and oxygen atoms in total. The molecule has 1 aromatic heterocycles. The zero-order chi connectivity index (χ0) is 20.6. The topological polar surface area (TPSA) is 48.1 Å². The molecule has 0 saturated heterocycles. The van der Waals surface area contributed by atoms with Crippen molar-refractivity contribution in [3.63, 3.8) is 0 Å². The molecular weight excluding hydrogens is 403 g/mol. The number of nitrogens with zero attached hydrogens (tertiary/aromatic N) is 3. The first-order valence-electron chi connectivity index (χ1n) is 8.62. The number of rotatable bonds is 8. The third-order valence-electron chi connectivity index (χ3n) is 3.82. The molecule has 9 heteroatoms. The standard InChI is InChI=1S/C20H18F3N3O2S/c1-27-11-10-24-20-26(25-12-15-4-2-3-5-17(15)21)18(13-29-20)14-6-8-16(9-7-14)28-19(22)23/h2-9,12-13,19H,10-11H2,1H3. The minimum absolute atomic E-state index is 0.0605. The van der Waals surface area contributed by atoms with Gasteiger partial charge in [0.25, 0.3) is 0 Å². The van der Waals surface area contributed by atoms with Gasteiger partial charge in [0.15, 0.2) is 0 Å². The van der Waals surface area contributed by atoms with Crippen LogP contribution in [0.2, 0.25) is 0 Å². The Balaban J connectivity index is 1.99. The summed E-state index contributed by atoms with van der Waals surface area (Å²) in [6.07, 6.45) is 1.41. The van der Waals surface area contributed by atoms with Crippen molar-refractivity contribution in [2.75, 3.05) is 20.3 Å². The Kier molecular flexibility index (Phi) is 7.20. The molecule has 0 amide bonds. The molecule has 0 spiro atoms. The monoisotopic (exact) mass is 421 g/mol. The SMILES string of the molecule is COCCN=c1scc(-c2ccc(OC(F)F)cc2)n1N=Cc1ccccc1F. The predicted molar refractivity (Wildman–Crippen MR) is 106 cm³/mol. The molecule has 0 aliphatic heterocycles. The first kappa shape index (κ1) is 20.8. The summed E-state index contributed by atoms with van der Waals surface area (Å²) >= 11 is 1.36. The van der Waals surface area contributed by atoms with Gasteiger partial charge in [-0.25, -0.2) is 9.07 Å². The summed E-state index contributed by atoms with van der Waals surface area (Å²) in [6, 6.07) is 12.5. The molecular formula is C20H18F3N3O2S. The first-order valence-corrected chi connectivity index (χ1v) is 9.50. The van der Waals surface area contributed by atoms with Gasteiger partial charge in [0.05, 0.1) is 25.1 Å². The van der Waals surface area contributed by atoms with E-state index in [1.54, 1.807) is 42.1 Å². The van der Waals surface area contributed by atoms with Crippen molar-refractivity contribution in [3.05, 3.63) is 70.1 Å². The lowest BCUT2D eigenvalue weighted by Crippen LogP contribution is -2.14. The summed E-state index contributed by atoms with van der Waals surface area (Å²) in [5.74, 6) is -0.328. The molecule has 0 aliphatic rings. The van der Waals surface area contributed by atoms with Crippen molar-refractivity contribution in [1.82, 2.24) is 4.68 Å². The van der Waals surface area contributed by atoms with E-state index in [1.165, 1.54) is 35.8 Å². The van der Waals surface area contributed by atoms with E-state index in [0.717, 1.165) is 5.56 Å². The highest BCUT2D eigenvalue weighted by Crippen LogP contribution is 2.24. The van der Waals surface area contributed by atoms with Crippen molar-refractivity contribution in [3.8, 4) is 17.0 Å². The summed E-state index contributed by atoms with van der Waals surface area (Å²) < 4.78 is 49.6. The average molecular weight is 421 g/mol. The van der Waals surface area contributed by atoms with Crippen LogP contribution in [0.5, 0.6) is 5.75 Å². The van der Waals surface area contributed by atoms with Crippen LogP contribution in [0.3, 0.4) is 0 Å². The fourth-order valence-corrected chi connectivity index (χ4v) is 3.32. The van der Waals surface area contributed by atoms with E-state index >= 15 is 0 Å². The van der Waals surface area contributed by atoms with Gasteiger partial charge in [0.2, 0.25) is 4.80 Å². The smallest absolute Gasteiger partial charge is 0.387 e. The number of aromatic nitrogens is 1. The van der Waals surface area contributed by atoms with Crippen molar-refractivity contribution in [1.29, 1.82) is 0 Å². The zero-order valence-electron chi connectivity index (χ0n) is 15.5. The van der Waals surface area contributed by atoms with Crippen LogP contribution in [-0.4, -0.2) is 37.8 Å². The van der Waals surface area contributed by atoms with Gasteiger partial charge in [0, 0.05) is 23.6 Å². The summed E-state index contributed by atoms with van der Waals surface area (Å²) in [4.78, 5) is 5.05. The lowest BCUT2D eigenvalue weighted by Gasteiger charge is -2.07. The zero-order valence-corrected chi connectivity index (χ0v) is 16.3. The maximum absolute atomic E-state index is 13.9.